The first-order valence-electron chi connectivity index (χ1n) is 8.71. The summed E-state index contributed by atoms with van der Waals surface area (Å²) in [7, 11) is 0. The van der Waals surface area contributed by atoms with Crippen LogP contribution < -0.4 is 4.90 Å². The van der Waals surface area contributed by atoms with Crippen molar-refractivity contribution in [2.24, 2.45) is 0 Å². The topological polar surface area (TPSA) is 59.7 Å². The van der Waals surface area contributed by atoms with Crippen molar-refractivity contribution in [3.63, 3.8) is 0 Å². The Labute approximate surface area is 151 Å². The van der Waals surface area contributed by atoms with Gasteiger partial charge in [0.1, 0.15) is 5.82 Å². The van der Waals surface area contributed by atoms with Crippen LogP contribution in [0.15, 0.2) is 61.2 Å². The molecule has 4 aromatic rings. The van der Waals surface area contributed by atoms with E-state index in [1.807, 2.05) is 36.5 Å². The molecule has 1 aromatic carbocycles. The molecular weight excluding hydrogens is 324 g/mol. The molecule has 0 atom stereocenters. The Bertz CT molecular complexity index is 1070. The summed E-state index contributed by atoms with van der Waals surface area (Å²) in [6, 6.07) is 12.5. The molecule has 6 nitrogen and oxygen atoms in total. The number of aromatic nitrogens is 5. The normalized spacial score (nSPS) is 14.6. The van der Waals surface area contributed by atoms with E-state index in [0.717, 1.165) is 41.2 Å². The zero-order valence-corrected chi connectivity index (χ0v) is 14.4. The van der Waals surface area contributed by atoms with Gasteiger partial charge in [-0.15, -0.1) is 0 Å². The van der Waals surface area contributed by atoms with Crippen LogP contribution in [0.2, 0.25) is 0 Å². The second kappa shape index (κ2) is 5.91. The highest BCUT2D eigenvalue weighted by atomic mass is 15.4. The molecule has 0 N–H and O–H groups in total. The van der Waals surface area contributed by atoms with Crippen molar-refractivity contribution >= 4 is 16.7 Å². The molecule has 26 heavy (non-hydrogen) atoms. The van der Waals surface area contributed by atoms with E-state index in [9.17, 15) is 0 Å². The Morgan fingerprint density at radius 1 is 1.00 bits per heavy atom. The van der Waals surface area contributed by atoms with Gasteiger partial charge in [-0.3, -0.25) is 9.67 Å². The fourth-order valence-electron chi connectivity index (χ4n) is 3.36. The van der Waals surface area contributed by atoms with Gasteiger partial charge in [0.05, 0.1) is 17.8 Å². The summed E-state index contributed by atoms with van der Waals surface area (Å²) in [5, 5.41) is 5.53. The number of aryl methyl sites for hydroxylation is 1. The molecule has 5 rings (SSSR count). The van der Waals surface area contributed by atoms with E-state index >= 15 is 0 Å². The summed E-state index contributed by atoms with van der Waals surface area (Å²) >= 11 is 0. The van der Waals surface area contributed by atoms with Crippen molar-refractivity contribution in [3.8, 4) is 11.4 Å². The first-order chi connectivity index (χ1) is 12.8. The highest BCUT2D eigenvalue weighted by Gasteiger charge is 2.31. The van der Waals surface area contributed by atoms with Crippen molar-refractivity contribution < 1.29 is 0 Å². The van der Waals surface area contributed by atoms with Gasteiger partial charge in [-0.25, -0.2) is 9.97 Å². The second-order valence-corrected chi connectivity index (χ2v) is 6.68. The molecule has 128 valence electrons. The Morgan fingerprint density at radius 3 is 2.58 bits per heavy atom. The average molecular weight is 342 g/mol. The van der Waals surface area contributed by atoms with E-state index in [1.54, 1.807) is 12.4 Å². The van der Waals surface area contributed by atoms with Crippen molar-refractivity contribution in [1.29, 1.82) is 0 Å². The summed E-state index contributed by atoms with van der Waals surface area (Å²) in [5.74, 6) is 1.72. The lowest BCUT2D eigenvalue weighted by molar-refractivity contribution is 0.366. The van der Waals surface area contributed by atoms with Crippen LogP contribution in [0.25, 0.3) is 22.3 Å². The monoisotopic (exact) mass is 342 g/mol. The summed E-state index contributed by atoms with van der Waals surface area (Å²) in [6.07, 6.45) is 7.55. The predicted octanol–water partition coefficient (Wildman–Crippen LogP) is 3.26. The van der Waals surface area contributed by atoms with Crippen molar-refractivity contribution in [2.45, 2.75) is 13.0 Å². The number of rotatable bonds is 3. The molecule has 1 aliphatic rings. The van der Waals surface area contributed by atoms with Gasteiger partial charge >= 0.3 is 0 Å². The van der Waals surface area contributed by atoms with E-state index in [2.05, 4.69) is 38.9 Å². The molecule has 1 saturated heterocycles. The SMILES string of the molecule is Cc1cnn(C2CN(c3nc(-c4ccncc4)nc4ccccc34)C2)c1. The highest BCUT2D eigenvalue weighted by Crippen LogP contribution is 2.33. The molecule has 0 amide bonds. The first kappa shape index (κ1) is 15.0. The Morgan fingerprint density at radius 2 is 1.81 bits per heavy atom. The summed E-state index contributed by atoms with van der Waals surface area (Å²) in [6.45, 7) is 3.87. The van der Waals surface area contributed by atoms with Crippen molar-refractivity contribution in [2.75, 3.05) is 18.0 Å². The molecule has 1 fully saturated rings. The lowest BCUT2D eigenvalue weighted by Crippen LogP contribution is -2.48. The molecule has 0 unspecified atom stereocenters. The molecule has 0 saturated carbocycles. The minimum atomic E-state index is 0.391. The third-order valence-electron chi connectivity index (χ3n) is 4.79. The van der Waals surface area contributed by atoms with Crippen LogP contribution in [-0.2, 0) is 0 Å². The number of pyridine rings is 1. The smallest absolute Gasteiger partial charge is 0.162 e. The summed E-state index contributed by atoms with van der Waals surface area (Å²) in [5.41, 5.74) is 3.13. The number of nitrogens with zero attached hydrogens (tertiary/aromatic N) is 6. The number of para-hydroxylation sites is 1. The Balaban J connectivity index is 1.53. The summed E-state index contributed by atoms with van der Waals surface area (Å²) in [4.78, 5) is 16.0. The van der Waals surface area contributed by atoms with Crippen LogP contribution in [0.1, 0.15) is 11.6 Å². The standard InChI is InChI=1S/C20H18N6/c1-14-10-22-26(11-14)16-12-25(13-16)20-17-4-2-3-5-18(17)23-19(24-20)15-6-8-21-9-7-15/h2-11,16H,12-13H2,1H3. The quantitative estimate of drug-likeness (QED) is 0.572. The largest absolute Gasteiger partial charge is 0.352 e. The highest BCUT2D eigenvalue weighted by molar-refractivity contribution is 5.91. The van der Waals surface area contributed by atoms with Gasteiger partial charge in [-0.1, -0.05) is 12.1 Å². The fraction of sp³-hybridized carbons (Fsp3) is 0.200. The molecule has 0 bridgehead atoms. The number of hydrogen-bond acceptors (Lipinski definition) is 5. The van der Waals surface area contributed by atoms with Gasteiger partial charge in [0.15, 0.2) is 5.82 Å². The van der Waals surface area contributed by atoms with Crippen LogP contribution in [-0.4, -0.2) is 37.8 Å². The maximum absolute atomic E-state index is 4.88. The van der Waals surface area contributed by atoms with E-state index in [0.29, 0.717) is 6.04 Å². The van der Waals surface area contributed by atoms with Gasteiger partial charge in [0.25, 0.3) is 0 Å². The predicted molar refractivity (Wildman–Crippen MR) is 101 cm³/mol. The van der Waals surface area contributed by atoms with Crippen molar-refractivity contribution in [3.05, 3.63) is 66.7 Å². The van der Waals surface area contributed by atoms with Gasteiger partial charge < -0.3 is 4.90 Å². The molecule has 0 radical (unpaired) electrons. The van der Waals surface area contributed by atoms with Gasteiger partial charge in [-0.2, -0.15) is 5.10 Å². The van der Waals surface area contributed by atoms with Crippen LogP contribution in [0.4, 0.5) is 5.82 Å². The van der Waals surface area contributed by atoms with Gasteiger partial charge in [-0.05, 0) is 36.8 Å². The third-order valence-corrected chi connectivity index (χ3v) is 4.79. The van der Waals surface area contributed by atoms with E-state index < -0.39 is 0 Å². The summed E-state index contributed by atoms with van der Waals surface area (Å²) < 4.78 is 2.05. The maximum Gasteiger partial charge on any atom is 0.162 e. The fourth-order valence-corrected chi connectivity index (χ4v) is 3.36. The molecule has 0 aliphatic carbocycles. The molecular formula is C20H18N6. The molecule has 4 heterocycles. The lowest BCUT2D eigenvalue weighted by atomic mass is 10.1. The van der Waals surface area contributed by atoms with Crippen LogP contribution in [0.5, 0.6) is 0 Å². The molecule has 3 aromatic heterocycles. The Kier molecular flexibility index (Phi) is 3.41. The number of hydrogen-bond donors (Lipinski definition) is 0. The van der Waals surface area contributed by atoms with Crippen LogP contribution in [0, 0.1) is 6.92 Å². The zero-order valence-electron chi connectivity index (χ0n) is 14.4. The van der Waals surface area contributed by atoms with Crippen molar-refractivity contribution in [1.82, 2.24) is 24.7 Å². The Hall–Kier alpha value is -3.28. The maximum atomic E-state index is 4.88. The molecule has 0 spiro atoms. The minimum Gasteiger partial charge on any atom is -0.352 e. The number of fused-ring (bicyclic) bond motifs is 1. The average Bonchev–Trinajstić information content (AvgIpc) is 3.07. The second-order valence-electron chi connectivity index (χ2n) is 6.68. The molecule has 6 heteroatoms. The molecule has 1 aliphatic heterocycles. The van der Waals surface area contributed by atoms with Gasteiger partial charge in [0, 0.05) is 42.6 Å². The number of anilines is 1. The van der Waals surface area contributed by atoms with Crippen LogP contribution >= 0.6 is 0 Å². The van der Waals surface area contributed by atoms with E-state index in [4.69, 9.17) is 9.97 Å². The van der Waals surface area contributed by atoms with E-state index in [-0.39, 0.29) is 0 Å². The number of benzene rings is 1. The third kappa shape index (κ3) is 2.50. The lowest BCUT2D eigenvalue weighted by Gasteiger charge is -2.40. The van der Waals surface area contributed by atoms with Crippen LogP contribution in [0.3, 0.4) is 0 Å². The zero-order chi connectivity index (χ0) is 17.5. The first-order valence-corrected chi connectivity index (χ1v) is 8.71. The minimum absolute atomic E-state index is 0.391. The van der Waals surface area contributed by atoms with E-state index in [1.165, 1.54) is 5.56 Å². The van der Waals surface area contributed by atoms with Gasteiger partial charge in [0.2, 0.25) is 0 Å².